The van der Waals surface area contributed by atoms with Crippen LogP contribution in [-0.4, -0.2) is 95.1 Å². The molecule has 0 bridgehead atoms. The van der Waals surface area contributed by atoms with Crippen LogP contribution in [0, 0.1) is 0 Å². The number of azo groups is 1. The molecule has 226 valence electrons. The lowest BCUT2D eigenvalue weighted by Gasteiger charge is -2.21. The highest BCUT2D eigenvalue weighted by Crippen LogP contribution is 2.21. The summed E-state index contributed by atoms with van der Waals surface area (Å²) in [5, 5.41) is 39.5. The molecule has 2 atom stereocenters. The van der Waals surface area contributed by atoms with Crippen molar-refractivity contribution in [2.24, 2.45) is 10.2 Å². The van der Waals surface area contributed by atoms with Gasteiger partial charge in [-0.2, -0.15) is 0 Å². The van der Waals surface area contributed by atoms with Gasteiger partial charge in [-0.25, -0.2) is 9.13 Å². The second-order valence-corrected chi connectivity index (χ2v) is 9.56. The molecule has 0 amide bonds. The maximum absolute atomic E-state index is 10.7. The fraction of sp³-hybridized carbons (Fsp3) is 0.655. The maximum Gasteiger partial charge on any atom is 0.421 e. The van der Waals surface area contributed by atoms with Gasteiger partial charge >= 0.3 is 5.95 Å². The molecule has 0 aliphatic carbocycles. The van der Waals surface area contributed by atoms with Gasteiger partial charge in [-0.3, -0.25) is 0 Å². The van der Waals surface area contributed by atoms with Gasteiger partial charge in [-0.1, -0.05) is 32.8 Å². The van der Waals surface area contributed by atoms with Crippen molar-refractivity contribution in [1.82, 2.24) is 14.4 Å². The molecule has 11 nitrogen and oxygen atoms in total. The van der Waals surface area contributed by atoms with Gasteiger partial charge in [0.25, 0.3) is 0 Å². The van der Waals surface area contributed by atoms with E-state index in [0.29, 0.717) is 32.1 Å². The number of imidazole rings is 1. The molecular weight excluding hydrogens is 510 g/mol. The number of likely N-dealkylation sites (N-methyl/N-ethyl adjacent to an activating group) is 2. The Balaban J connectivity index is 0.00000187. The van der Waals surface area contributed by atoms with Gasteiger partial charge in [-0.05, 0) is 71.2 Å². The Morgan fingerprint density at radius 2 is 1.38 bits per heavy atom. The monoisotopic (exact) mass is 561 g/mol. The lowest BCUT2D eigenvalue weighted by molar-refractivity contribution is -0.690. The summed E-state index contributed by atoms with van der Waals surface area (Å²) < 4.78 is 3.85. The van der Waals surface area contributed by atoms with Crippen LogP contribution >= 0.6 is 0 Å². The molecule has 0 saturated carbocycles. The Labute approximate surface area is 240 Å². The molecule has 2 unspecified atom stereocenters. The number of benzene rings is 1. The molecule has 0 radical (unpaired) electrons. The minimum Gasteiger partial charge on any atom is -0.550 e. The zero-order valence-electron chi connectivity index (χ0n) is 25.5. The summed E-state index contributed by atoms with van der Waals surface area (Å²) in [5.74, 6) is -0.472. The van der Waals surface area contributed by atoms with Gasteiger partial charge < -0.3 is 34.8 Å². The summed E-state index contributed by atoms with van der Waals surface area (Å²) in [6.45, 7) is 21.2. The van der Waals surface area contributed by atoms with Gasteiger partial charge in [0, 0.05) is 42.9 Å². The van der Waals surface area contributed by atoms with E-state index in [-0.39, 0.29) is 0 Å². The molecule has 0 aliphatic rings. The van der Waals surface area contributed by atoms with Gasteiger partial charge in [0.1, 0.15) is 5.69 Å². The number of aliphatic hydroxyl groups is 2. The van der Waals surface area contributed by atoms with Gasteiger partial charge in [0.05, 0.1) is 37.7 Å². The summed E-state index contributed by atoms with van der Waals surface area (Å²) in [7, 11) is 0. The number of carboxylic acids is 1. The van der Waals surface area contributed by atoms with Gasteiger partial charge in [-0.15, -0.1) is 0 Å². The molecule has 0 aliphatic heterocycles. The van der Waals surface area contributed by atoms with E-state index in [9.17, 15) is 10.2 Å². The minimum atomic E-state index is -1.08. The first-order valence-electron chi connectivity index (χ1n) is 14.5. The van der Waals surface area contributed by atoms with Crippen LogP contribution in [-0.2, 0) is 17.9 Å². The zero-order valence-corrected chi connectivity index (χ0v) is 25.5. The molecule has 0 fully saturated rings. The predicted octanol–water partition coefficient (Wildman–Crippen LogP) is 2.20. The maximum atomic E-state index is 10.7. The Bertz CT molecular complexity index is 941. The van der Waals surface area contributed by atoms with Crippen molar-refractivity contribution in [2.75, 3.05) is 57.3 Å². The van der Waals surface area contributed by atoms with Crippen molar-refractivity contribution in [2.45, 2.75) is 73.8 Å². The van der Waals surface area contributed by atoms with Crippen LogP contribution in [0.25, 0.3) is 0 Å². The van der Waals surface area contributed by atoms with Crippen LogP contribution in [0.1, 0.15) is 48.5 Å². The number of anilines is 1. The highest BCUT2D eigenvalue weighted by molar-refractivity contribution is 5.60. The van der Waals surface area contributed by atoms with Crippen LogP contribution in [0.5, 0.6) is 0 Å². The minimum absolute atomic E-state index is 0.408. The number of carboxylic acid groups (broad SMARTS) is 1. The van der Waals surface area contributed by atoms with Crippen molar-refractivity contribution in [3.05, 3.63) is 36.7 Å². The Morgan fingerprint density at radius 1 is 0.875 bits per heavy atom. The molecule has 0 spiro atoms. The van der Waals surface area contributed by atoms with Crippen molar-refractivity contribution >= 4 is 23.3 Å². The Morgan fingerprint density at radius 3 is 1.85 bits per heavy atom. The number of carbonyl (C=O) groups is 1. The summed E-state index contributed by atoms with van der Waals surface area (Å²) in [5.41, 5.74) is 1.93. The fourth-order valence-electron chi connectivity index (χ4n) is 4.41. The number of aliphatic carboxylic acids is 1. The van der Waals surface area contributed by atoms with E-state index in [1.807, 2.05) is 33.7 Å². The van der Waals surface area contributed by atoms with Crippen LogP contribution in [0.2, 0.25) is 0 Å². The number of carbonyl (C=O) groups excluding carboxylic acids is 1. The third-order valence-electron chi connectivity index (χ3n) is 6.72. The lowest BCUT2D eigenvalue weighted by atomic mass is 10.2. The lowest BCUT2D eigenvalue weighted by Crippen LogP contribution is -2.44. The molecule has 1 aromatic heterocycles. The fourth-order valence-corrected chi connectivity index (χ4v) is 4.41. The van der Waals surface area contributed by atoms with E-state index in [2.05, 4.69) is 78.6 Å². The van der Waals surface area contributed by atoms with Crippen molar-refractivity contribution < 1.29 is 24.7 Å². The average molecular weight is 562 g/mol. The van der Waals surface area contributed by atoms with Crippen LogP contribution in [0.3, 0.4) is 0 Å². The van der Waals surface area contributed by atoms with Crippen LogP contribution in [0.4, 0.5) is 17.3 Å². The standard InChI is InChI=1S/C27H48N7O2.C2H4O2/c1-7-30(8-2)19-25(35)21-33-17-18-34(22-26(36)20-31(9-3)10-4)27(33)29-28-23-13-15-24(16-14-23)32(11-5)12-6;1-2(3)4/h13-18,25-26,35-36H,7-12,19-22H2,1-6H3;1H3,(H,3,4)/q+1;/p-1. The zero-order chi connectivity index (χ0) is 30.1. The van der Waals surface area contributed by atoms with Crippen molar-refractivity contribution in [1.29, 1.82) is 0 Å². The third-order valence-corrected chi connectivity index (χ3v) is 6.72. The molecule has 2 N–H and O–H groups in total. The van der Waals surface area contributed by atoms with E-state index in [4.69, 9.17) is 9.90 Å². The smallest absolute Gasteiger partial charge is 0.421 e. The summed E-state index contributed by atoms with van der Waals surface area (Å²) in [6.07, 6.45) is 2.75. The number of nitrogens with zero attached hydrogens (tertiary/aromatic N) is 7. The number of hydrogen-bond donors (Lipinski definition) is 2. The summed E-state index contributed by atoms with van der Waals surface area (Å²) in [6, 6.07) is 8.07. The van der Waals surface area contributed by atoms with E-state index in [0.717, 1.165) is 57.6 Å². The quantitative estimate of drug-likeness (QED) is 0.224. The molecule has 1 aromatic carbocycles. The average Bonchev–Trinajstić information content (AvgIpc) is 3.30. The number of aromatic nitrogens is 2. The molecule has 2 aromatic rings. The number of hydrogen-bond acceptors (Lipinski definition) is 9. The molecule has 1 heterocycles. The Hall–Kier alpha value is -2.86. The number of aliphatic hydroxyl groups excluding tert-OH is 2. The first kappa shape index (κ1) is 35.2. The first-order chi connectivity index (χ1) is 19.1. The van der Waals surface area contributed by atoms with E-state index >= 15 is 0 Å². The number of rotatable bonds is 17. The van der Waals surface area contributed by atoms with Crippen molar-refractivity contribution in [3.8, 4) is 0 Å². The molecule has 0 saturated heterocycles. The van der Waals surface area contributed by atoms with Crippen molar-refractivity contribution in [3.63, 3.8) is 0 Å². The van der Waals surface area contributed by atoms with Crippen LogP contribution < -0.4 is 14.6 Å². The molecular formula is C29H51N7O4. The third kappa shape index (κ3) is 12.5. The summed E-state index contributed by atoms with van der Waals surface area (Å²) in [4.78, 5) is 15.6. The van der Waals surface area contributed by atoms with Gasteiger partial charge in [0.15, 0.2) is 0 Å². The predicted molar refractivity (Wildman–Crippen MR) is 157 cm³/mol. The molecule has 11 heteroatoms. The van der Waals surface area contributed by atoms with E-state index in [1.165, 1.54) is 0 Å². The normalized spacial score (nSPS) is 13.0. The van der Waals surface area contributed by atoms with Crippen LogP contribution in [0.15, 0.2) is 46.9 Å². The first-order valence-corrected chi connectivity index (χ1v) is 14.5. The highest BCUT2D eigenvalue weighted by atomic mass is 16.4. The topological polar surface area (TPSA) is 124 Å². The largest absolute Gasteiger partial charge is 0.550 e. The second-order valence-electron chi connectivity index (χ2n) is 9.56. The van der Waals surface area contributed by atoms with Gasteiger partial charge in [0.2, 0.25) is 0 Å². The molecule has 40 heavy (non-hydrogen) atoms. The SMILES string of the molecule is CC(=O)[O-].CCN(CC)CC(O)Cn1cc[n+](CC(O)CN(CC)CC)c1N=Nc1ccc(N(CC)CC)cc1. The highest BCUT2D eigenvalue weighted by Gasteiger charge is 2.23. The molecule has 2 rings (SSSR count). The van der Waals surface area contributed by atoms with E-state index in [1.54, 1.807) is 0 Å². The summed E-state index contributed by atoms with van der Waals surface area (Å²) >= 11 is 0. The Kier molecular flexibility index (Phi) is 16.9. The van der Waals surface area contributed by atoms with E-state index < -0.39 is 18.2 Å². The second kappa shape index (κ2) is 19.3.